The number of rotatable bonds is 6. The minimum atomic E-state index is -3.49. The Morgan fingerprint density at radius 1 is 1.20 bits per heavy atom. The lowest BCUT2D eigenvalue weighted by Gasteiger charge is -2.31. The first kappa shape index (κ1) is 18.1. The zero-order valence-corrected chi connectivity index (χ0v) is 15.6. The molecule has 1 saturated heterocycles. The molecule has 2 aromatic rings. The molecule has 0 bridgehead atoms. The van der Waals surface area contributed by atoms with E-state index in [9.17, 15) is 8.42 Å². The van der Waals surface area contributed by atoms with E-state index in [0.29, 0.717) is 25.3 Å². The van der Waals surface area contributed by atoms with Gasteiger partial charge in [0, 0.05) is 25.7 Å². The van der Waals surface area contributed by atoms with Crippen LogP contribution in [-0.4, -0.2) is 48.3 Å². The molecule has 0 spiro atoms. The summed E-state index contributed by atoms with van der Waals surface area (Å²) in [5.74, 6) is 0. The SMILES string of the molecule is Cc1cnn(C)c1S(=O)(=O)N1CCC(OCCc2ccccc2)CC1. The molecule has 0 radical (unpaired) electrons. The summed E-state index contributed by atoms with van der Waals surface area (Å²) in [5, 5.41) is 4.34. The highest BCUT2D eigenvalue weighted by molar-refractivity contribution is 7.89. The van der Waals surface area contributed by atoms with Gasteiger partial charge >= 0.3 is 0 Å². The second-order valence-electron chi connectivity index (χ2n) is 6.47. The molecule has 0 amide bonds. The fraction of sp³-hybridized carbons (Fsp3) is 0.500. The molecule has 7 heteroatoms. The maximum atomic E-state index is 12.8. The molecule has 3 rings (SSSR count). The van der Waals surface area contributed by atoms with Crippen LogP contribution in [0.5, 0.6) is 0 Å². The largest absolute Gasteiger partial charge is 0.378 e. The first-order valence-electron chi connectivity index (χ1n) is 8.63. The van der Waals surface area contributed by atoms with Crippen molar-refractivity contribution < 1.29 is 13.2 Å². The highest BCUT2D eigenvalue weighted by atomic mass is 32.2. The average Bonchev–Trinajstić information content (AvgIpc) is 2.95. The maximum Gasteiger partial charge on any atom is 0.260 e. The van der Waals surface area contributed by atoms with Crippen LogP contribution in [0.4, 0.5) is 0 Å². The molecule has 0 unspecified atom stereocenters. The Hall–Kier alpha value is -1.70. The van der Waals surface area contributed by atoms with Crippen LogP contribution >= 0.6 is 0 Å². The molecule has 0 saturated carbocycles. The summed E-state index contributed by atoms with van der Waals surface area (Å²) in [6.07, 6.45) is 4.05. The van der Waals surface area contributed by atoms with Crippen LogP contribution in [-0.2, 0) is 28.2 Å². The summed E-state index contributed by atoms with van der Waals surface area (Å²) in [5.41, 5.74) is 1.94. The van der Waals surface area contributed by atoms with Gasteiger partial charge in [0.05, 0.1) is 18.9 Å². The summed E-state index contributed by atoms with van der Waals surface area (Å²) in [7, 11) is -1.82. The molecule has 2 heterocycles. The Morgan fingerprint density at radius 3 is 2.48 bits per heavy atom. The summed E-state index contributed by atoms with van der Waals surface area (Å²) >= 11 is 0. The number of ether oxygens (including phenoxy) is 1. The van der Waals surface area contributed by atoms with Crippen molar-refractivity contribution in [1.29, 1.82) is 0 Å². The predicted molar refractivity (Wildman–Crippen MR) is 95.8 cm³/mol. The minimum absolute atomic E-state index is 0.128. The van der Waals surface area contributed by atoms with Crippen molar-refractivity contribution in [3.63, 3.8) is 0 Å². The molecule has 0 aliphatic carbocycles. The fourth-order valence-corrected chi connectivity index (χ4v) is 5.03. The monoisotopic (exact) mass is 363 g/mol. The summed E-state index contributed by atoms with van der Waals surface area (Å²) in [6, 6.07) is 10.2. The quantitative estimate of drug-likeness (QED) is 0.789. The Bertz CT molecular complexity index is 775. The highest BCUT2D eigenvalue weighted by Crippen LogP contribution is 2.23. The van der Waals surface area contributed by atoms with Gasteiger partial charge in [0.1, 0.15) is 0 Å². The molecule has 1 aromatic carbocycles. The van der Waals surface area contributed by atoms with E-state index in [1.807, 2.05) is 18.2 Å². The zero-order chi connectivity index (χ0) is 17.9. The normalized spacial score (nSPS) is 17.0. The third-order valence-corrected chi connectivity index (χ3v) is 6.75. The molecule has 1 aliphatic rings. The number of hydrogen-bond acceptors (Lipinski definition) is 4. The van der Waals surface area contributed by atoms with Gasteiger partial charge in [-0.05, 0) is 31.7 Å². The first-order chi connectivity index (χ1) is 12.0. The fourth-order valence-electron chi connectivity index (χ4n) is 3.26. The van der Waals surface area contributed by atoms with Crippen LogP contribution in [0.3, 0.4) is 0 Å². The molecule has 25 heavy (non-hydrogen) atoms. The van der Waals surface area contributed by atoms with Crippen molar-refractivity contribution in [1.82, 2.24) is 14.1 Å². The third kappa shape index (κ3) is 4.11. The number of aromatic nitrogens is 2. The van der Waals surface area contributed by atoms with Crippen LogP contribution in [0.15, 0.2) is 41.6 Å². The second-order valence-corrected chi connectivity index (χ2v) is 8.32. The van der Waals surface area contributed by atoms with Gasteiger partial charge in [0.2, 0.25) is 0 Å². The van der Waals surface area contributed by atoms with Crippen molar-refractivity contribution in [3.05, 3.63) is 47.7 Å². The van der Waals surface area contributed by atoms with E-state index in [1.165, 1.54) is 10.2 Å². The van der Waals surface area contributed by atoms with Gasteiger partial charge in [-0.15, -0.1) is 0 Å². The molecule has 1 aliphatic heterocycles. The van der Waals surface area contributed by atoms with Gasteiger partial charge < -0.3 is 4.74 Å². The topological polar surface area (TPSA) is 64.4 Å². The van der Waals surface area contributed by atoms with E-state index in [0.717, 1.165) is 19.3 Å². The van der Waals surface area contributed by atoms with Crippen LogP contribution in [0.25, 0.3) is 0 Å². The van der Waals surface area contributed by atoms with Crippen LogP contribution in [0.1, 0.15) is 24.0 Å². The van der Waals surface area contributed by atoms with E-state index < -0.39 is 10.0 Å². The predicted octanol–water partition coefficient (Wildman–Crippen LogP) is 2.14. The molecule has 0 N–H and O–H groups in total. The Labute approximate surface area is 149 Å². The molecular formula is C18H25N3O3S. The molecule has 1 fully saturated rings. The van der Waals surface area contributed by atoms with E-state index >= 15 is 0 Å². The number of hydrogen-bond donors (Lipinski definition) is 0. The number of benzene rings is 1. The van der Waals surface area contributed by atoms with E-state index in [2.05, 4.69) is 17.2 Å². The molecule has 0 atom stereocenters. The van der Waals surface area contributed by atoms with Gasteiger partial charge in [-0.2, -0.15) is 9.40 Å². The first-order valence-corrected chi connectivity index (χ1v) is 10.1. The average molecular weight is 363 g/mol. The van der Waals surface area contributed by atoms with Crippen molar-refractivity contribution in [2.45, 2.75) is 37.3 Å². The van der Waals surface area contributed by atoms with Crippen molar-refractivity contribution >= 4 is 10.0 Å². The third-order valence-electron chi connectivity index (χ3n) is 4.63. The summed E-state index contributed by atoms with van der Waals surface area (Å²) < 4.78 is 34.6. The van der Waals surface area contributed by atoms with Crippen LogP contribution in [0, 0.1) is 6.92 Å². The van der Waals surface area contributed by atoms with E-state index in [1.54, 1.807) is 24.5 Å². The Kier molecular flexibility index (Phi) is 5.56. The van der Waals surface area contributed by atoms with Crippen LogP contribution < -0.4 is 0 Å². The van der Waals surface area contributed by atoms with E-state index in [-0.39, 0.29) is 11.1 Å². The summed E-state index contributed by atoms with van der Waals surface area (Å²) in [6.45, 7) is 3.42. The number of sulfonamides is 1. The second kappa shape index (κ2) is 7.68. The molecule has 1 aromatic heterocycles. The smallest absolute Gasteiger partial charge is 0.260 e. The number of aryl methyl sites for hydroxylation is 2. The Morgan fingerprint density at radius 2 is 1.88 bits per heavy atom. The van der Waals surface area contributed by atoms with Gasteiger partial charge in [-0.1, -0.05) is 30.3 Å². The molecule has 136 valence electrons. The van der Waals surface area contributed by atoms with Crippen LogP contribution in [0.2, 0.25) is 0 Å². The standard InChI is InChI=1S/C18H25N3O3S/c1-15-14-19-20(2)18(15)25(22,23)21-11-8-17(9-12-21)24-13-10-16-6-4-3-5-7-16/h3-7,14,17H,8-13H2,1-2H3. The highest BCUT2D eigenvalue weighted by Gasteiger charge is 2.32. The summed E-state index contributed by atoms with van der Waals surface area (Å²) in [4.78, 5) is 0. The van der Waals surface area contributed by atoms with Gasteiger partial charge in [0.25, 0.3) is 10.0 Å². The molecule has 6 nitrogen and oxygen atoms in total. The molecular weight excluding hydrogens is 338 g/mol. The number of piperidine rings is 1. The van der Waals surface area contributed by atoms with Gasteiger partial charge in [-0.25, -0.2) is 8.42 Å². The Balaban J connectivity index is 1.52. The number of nitrogens with zero attached hydrogens (tertiary/aromatic N) is 3. The lowest BCUT2D eigenvalue weighted by molar-refractivity contribution is 0.0229. The minimum Gasteiger partial charge on any atom is -0.378 e. The lowest BCUT2D eigenvalue weighted by Crippen LogP contribution is -2.41. The van der Waals surface area contributed by atoms with Crippen molar-refractivity contribution in [2.24, 2.45) is 7.05 Å². The van der Waals surface area contributed by atoms with Gasteiger partial charge in [0.15, 0.2) is 5.03 Å². The maximum absolute atomic E-state index is 12.8. The van der Waals surface area contributed by atoms with Gasteiger partial charge in [-0.3, -0.25) is 4.68 Å². The lowest BCUT2D eigenvalue weighted by atomic mass is 10.1. The van der Waals surface area contributed by atoms with Crippen molar-refractivity contribution in [3.8, 4) is 0 Å². The van der Waals surface area contributed by atoms with E-state index in [4.69, 9.17) is 4.74 Å². The van der Waals surface area contributed by atoms with Crippen molar-refractivity contribution in [2.75, 3.05) is 19.7 Å². The zero-order valence-electron chi connectivity index (χ0n) is 14.8.